The zero-order chi connectivity index (χ0) is 12.2. The van der Waals surface area contributed by atoms with E-state index in [2.05, 4.69) is 5.32 Å². The van der Waals surface area contributed by atoms with Gasteiger partial charge in [-0.1, -0.05) is 6.92 Å². The van der Waals surface area contributed by atoms with Gasteiger partial charge in [-0.25, -0.2) is 4.79 Å². The van der Waals surface area contributed by atoms with Crippen molar-refractivity contribution in [1.82, 2.24) is 5.32 Å². The molecule has 0 radical (unpaired) electrons. The van der Waals surface area contributed by atoms with Crippen LogP contribution in [0.1, 0.15) is 19.8 Å². The average Bonchev–Trinajstić information content (AvgIpc) is 2.69. The Morgan fingerprint density at radius 1 is 1.62 bits per heavy atom. The number of carbonyl (C=O) groups is 2. The second-order valence-corrected chi connectivity index (χ2v) is 4.92. The van der Waals surface area contributed by atoms with Crippen molar-refractivity contribution in [2.24, 2.45) is 0 Å². The number of amides is 1. The monoisotopic (exact) mass is 247 g/mol. The molecule has 6 heteroatoms. The van der Waals surface area contributed by atoms with Crippen molar-refractivity contribution >= 4 is 23.6 Å². The van der Waals surface area contributed by atoms with Gasteiger partial charge in [-0.2, -0.15) is 11.8 Å². The molecule has 1 rings (SSSR count). The number of nitrogens with one attached hydrogen (secondary N) is 1. The largest absolute Gasteiger partial charge is 0.479 e. The predicted octanol–water partition coefficient (Wildman–Crippen LogP) is 0.488. The second kappa shape index (κ2) is 5.54. The summed E-state index contributed by atoms with van der Waals surface area (Å²) >= 11 is 1.54. The third kappa shape index (κ3) is 2.68. The molecule has 1 aliphatic rings. The van der Waals surface area contributed by atoms with Gasteiger partial charge in [0.2, 0.25) is 5.91 Å². The fraction of sp³-hybridized carbons (Fsp3) is 0.800. The SMILES string of the molecule is CCC(OC)C(=O)NC1(C(=O)O)CCSC1. The highest BCUT2D eigenvalue weighted by atomic mass is 32.2. The van der Waals surface area contributed by atoms with Gasteiger partial charge in [0.05, 0.1) is 0 Å². The van der Waals surface area contributed by atoms with Crippen molar-refractivity contribution in [2.75, 3.05) is 18.6 Å². The Morgan fingerprint density at radius 3 is 2.69 bits per heavy atom. The number of methoxy groups -OCH3 is 1. The standard InChI is InChI=1S/C10H17NO4S/c1-3-7(15-2)8(12)11-10(9(13)14)4-5-16-6-10/h7H,3-6H2,1-2H3,(H,11,12)(H,13,14). The molecule has 1 aliphatic heterocycles. The molecule has 0 spiro atoms. The number of hydrogen-bond donors (Lipinski definition) is 2. The maximum Gasteiger partial charge on any atom is 0.330 e. The third-order valence-corrected chi connectivity index (χ3v) is 3.93. The second-order valence-electron chi connectivity index (χ2n) is 3.81. The summed E-state index contributed by atoms with van der Waals surface area (Å²) in [5.74, 6) is -0.114. The van der Waals surface area contributed by atoms with Crippen LogP contribution >= 0.6 is 11.8 Å². The fourth-order valence-corrected chi connectivity index (χ4v) is 2.99. The number of aliphatic carboxylic acids is 1. The highest BCUT2D eigenvalue weighted by Gasteiger charge is 2.44. The molecule has 0 aromatic heterocycles. The molecule has 1 saturated heterocycles. The van der Waals surface area contributed by atoms with Crippen molar-refractivity contribution in [1.29, 1.82) is 0 Å². The van der Waals surface area contributed by atoms with Crippen LogP contribution in [0.3, 0.4) is 0 Å². The molecule has 1 fully saturated rings. The van der Waals surface area contributed by atoms with Crippen molar-refractivity contribution in [3.8, 4) is 0 Å². The Kier molecular flexibility index (Phi) is 4.61. The van der Waals surface area contributed by atoms with E-state index < -0.39 is 17.6 Å². The summed E-state index contributed by atoms with van der Waals surface area (Å²) < 4.78 is 4.98. The molecular weight excluding hydrogens is 230 g/mol. The van der Waals surface area contributed by atoms with E-state index in [9.17, 15) is 14.7 Å². The van der Waals surface area contributed by atoms with Gasteiger partial charge in [0.25, 0.3) is 0 Å². The molecule has 2 unspecified atom stereocenters. The minimum absolute atomic E-state index is 0.338. The molecule has 1 amide bonds. The van der Waals surface area contributed by atoms with E-state index in [1.807, 2.05) is 6.92 Å². The quantitative estimate of drug-likeness (QED) is 0.739. The fourth-order valence-electron chi connectivity index (χ4n) is 1.66. The van der Waals surface area contributed by atoms with Crippen molar-refractivity contribution in [3.63, 3.8) is 0 Å². The van der Waals surface area contributed by atoms with Crippen LogP contribution in [0.4, 0.5) is 0 Å². The average molecular weight is 247 g/mol. The summed E-state index contributed by atoms with van der Waals surface area (Å²) in [5, 5.41) is 11.8. The van der Waals surface area contributed by atoms with Gasteiger partial charge in [-0.15, -0.1) is 0 Å². The van der Waals surface area contributed by atoms with E-state index >= 15 is 0 Å². The highest BCUT2D eigenvalue weighted by Crippen LogP contribution is 2.28. The molecule has 0 bridgehead atoms. The van der Waals surface area contributed by atoms with E-state index in [-0.39, 0.29) is 5.91 Å². The zero-order valence-electron chi connectivity index (χ0n) is 9.49. The first-order valence-corrected chi connectivity index (χ1v) is 6.37. The molecule has 0 aliphatic carbocycles. The van der Waals surface area contributed by atoms with Crippen LogP contribution in [0.25, 0.3) is 0 Å². The number of carboxylic acids is 1. The third-order valence-electron chi connectivity index (χ3n) is 2.74. The van der Waals surface area contributed by atoms with Gasteiger partial charge in [0.1, 0.15) is 11.6 Å². The van der Waals surface area contributed by atoms with Crippen LogP contribution in [0.2, 0.25) is 0 Å². The van der Waals surface area contributed by atoms with E-state index in [1.54, 1.807) is 11.8 Å². The molecule has 0 aromatic rings. The maximum atomic E-state index is 11.8. The Labute approximate surface area is 98.9 Å². The molecule has 92 valence electrons. The van der Waals surface area contributed by atoms with Crippen LogP contribution in [-0.4, -0.2) is 47.2 Å². The van der Waals surface area contributed by atoms with Crippen molar-refractivity contribution in [3.05, 3.63) is 0 Å². The molecule has 0 saturated carbocycles. The lowest BCUT2D eigenvalue weighted by Crippen LogP contribution is -2.57. The molecule has 16 heavy (non-hydrogen) atoms. The van der Waals surface area contributed by atoms with Gasteiger partial charge in [0.15, 0.2) is 0 Å². The smallest absolute Gasteiger partial charge is 0.330 e. The Morgan fingerprint density at radius 2 is 2.31 bits per heavy atom. The van der Waals surface area contributed by atoms with E-state index in [4.69, 9.17) is 4.74 Å². The molecule has 2 N–H and O–H groups in total. The van der Waals surface area contributed by atoms with Crippen molar-refractivity contribution < 1.29 is 19.4 Å². The number of carbonyl (C=O) groups excluding carboxylic acids is 1. The molecule has 0 aromatic carbocycles. The number of carboxylic acid groups (broad SMARTS) is 1. The number of hydrogen-bond acceptors (Lipinski definition) is 4. The summed E-state index contributed by atoms with van der Waals surface area (Å²) in [6.07, 6.45) is 0.436. The summed E-state index contributed by atoms with van der Waals surface area (Å²) in [6.45, 7) is 1.82. The number of rotatable bonds is 5. The van der Waals surface area contributed by atoms with E-state index in [1.165, 1.54) is 7.11 Å². The highest BCUT2D eigenvalue weighted by molar-refractivity contribution is 7.99. The van der Waals surface area contributed by atoms with Crippen LogP contribution in [0, 0.1) is 0 Å². The lowest BCUT2D eigenvalue weighted by atomic mass is 9.98. The molecular formula is C10H17NO4S. The van der Waals surface area contributed by atoms with Gasteiger partial charge in [-0.05, 0) is 18.6 Å². The van der Waals surface area contributed by atoms with Crippen LogP contribution in [0.5, 0.6) is 0 Å². The summed E-state index contributed by atoms with van der Waals surface area (Å²) in [7, 11) is 1.45. The van der Waals surface area contributed by atoms with Crippen LogP contribution < -0.4 is 5.32 Å². The molecule has 1 heterocycles. The van der Waals surface area contributed by atoms with Gasteiger partial charge >= 0.3 is 5.97 Å². The van der Waals surface area contributed by atoms with Crippen LogP contribution in [-0.2, 0) is 14.3 Å². The normalized spacial score (nSPS) is 26.4. The Bertz CT molecular complexity index is 272. The van der Waals surface area contributed by atoms with E-state index in [0.29, 0.717) is 18.6 Å². The Balaban J connectivity index is 2.69. The zero-order valence-corrected chi connectivity index (χ0v) is 10.3. The summed E-state index contributed by atoms with van der Waals surface area (Å²) in [6, 6.07) is 0. The van der Waals surface area contributed by atoms with E-state index in [0.717, 1.165) is 5.75 Å². The first-order chi connectivity index (χ1) is 7.55. The van der Waals surface area contributed by atoms with Gasteiger partial charge < -0.3 is 15.2 Å². The van der Waals surface area contributed by atoms with Gasteiger partial charge in [-0.3, -0.25) is 4.79 Å². The number of thioether (sulfide) groups is 1. The number of ether oxygens (including phenoxy) is 1. The molecule has 2 atom stereocenters. The minimum atomic E-state index is -1.10. The Hall–Kier alpha value is -0.750. The summed E-state index contributed by atoms with van der Waals surface area (Å²) in [5.41, 5.74) is -1.10. The predicted molar refractivity (Wildman–Crippen MR) is 61.5 cm³/mol. The minimum Gasteiger partial charge on any atom is -0.479 e. The first kappa shape index (κ1) is 13.3. The first-order valence-electron chi connectivity index (χ1n) is 5.21. The van der Waals surface area contributed by atoms with Gasteiger partial charge in [0, 0.05) is 12.9 Å². The van der Waals surface area contributed by atoms with Crippen molar-refractivity contribution in [2.45, 2.75) is 31.4 Å². The van der Waals surface area contributed by atoms with Crippen LogP contribution in [0.15, 0.2) is 0 Å². The lowest BCUT2D eigenvalue weighted by Gasteiger charge is -2.26. The molecule has 5 nitrogen and oxygen atoms in total. The lowest BCUT2D eigenvalue weighted by molar-refractivity contribution is -0.148. The summed E-state index contributed by atoms with van der Waals surface area (Å²) in [4.78, 5) is 23.0. The maximum absolute atomic E-state index is 11.8. The topological polar surface area (TPSA) is 75.6 Å².